The largest absolute Gasteiger partial charge is 0.491 e. The van der Waals surface area contributed by atoms with Crippen LogP contribution in [0.25, 0.3) is 0 Å². The molecule has 0 aliphatic rings. The summed E-state index contributed by atoms with van der Waals surface area (Å²) >= 11 is 0. The molecule has 3 nitrogen and oxygen atoms in total. The van der Waals surface area contributed by atoms with E-state index in [0.29, 0.717) is 19.6 Å². The molecule has 23 heavy (non-hydrogen) atoms. The minimum atomic E-state index is 0.0225. The number of amides is 1. The summed E-state index contributed by atoms with van der Waals surface area (Å²) in [4.78, 5) is 11.9. The van der Waals surface area contributed by atoms with Crippen molar-refractivity contribution < 1.29 is 9.53 Å². The van der Waals surface area contributed by atoms with Gasteiger partial charge in [0.15, 0.2) is 0 Å². The van der Waals surface area contributed by atoms with Crippen molar-refractivity contribution in [2.75, 3.05) is 13.2 Å². The number of rotatable bonds is 6. The van der Waals surface area contributed by atoms with Gasteiger partial charge in [-0.1, -0.05) is 35.9 Å². The SMILES string of the molecule is Cc1ccc(CC(=O)NCCOc2cc(C)c(C)cc2C)cc1. The highest BCUT2D eigenvalue weighted by molar-refractivity contribution is 5.78. The fraction of sp³-hybridized carbons (Fsp3) is 0.350. The second-order valence-corrected chi connectivity index (χ2v) is 6.06. The van der Waals surface area contributed by atoms with Crippen molar-refractivity contribution in [1.29, 1.82) is 0 Å². The summed E-state index contributed by atoms with van der Waals surface area (Å²) in [6.45, 7) is 9.23. The van der Waals surface area contributed by atoms with E-state index in [4.69, 9.17) is 4.74 Å². The lowest BCUT2D eigenvalue weighted by Crippen LogP contribution is -2.29. The number of carbonyl (C=O) groups is 1. The summed E-state index contributed by atoms with van der Waals surface area (Å²) in [5.41, 5.74) is 5.83. The van der Waals surface area contributed by atoms with Gasteiger partial charge in [-0.15, -0.1) is 0 Å². The minimum absolute atomic E-state index is 0.0225. The Bertz CT molecular complexity index is 675. The lowest BCUT2D eigenvalue weighted by Gasteiger charge is -2.12. The van der Waals surface area contributed by atoms with Gasteiger partial charge < -0.3 is 10.1 Å². The molecule has 2 rings (SSSR count). The first-order chi connectivity index (χ1) is 11.0. The second-order valence-electron chi connectivity index (χ2n) is 6.06. The maximum Gasteiger partial charge on any atom is 0.224 e. The minimum Gasteiger partial charge on any atom is -0.491 e. The molecule has 0 aliphatic heterocycles. The van der Waals surface area contributed by atoms with E-state index in [2.05, 4.69) is 31.3 Å². The molecule has 2 aromatic carbocycles. The first-order valence-corrected chi connectivity index (χ1v) is 7.98. The molecule has 1 amide bonds. The van der Waals surface area contributed by atoms with Crippen molar-refractivity contribution in [3.63, 3.8) is 0 Å². The molecule has 0 spiro atoms. The molecule has 122 valence electrons. The van der Waals surface area contributed by atoms with Crippen LogP contribution in [0.2, 0.25) is 0 Å². The van der Waals surface area contributed by atoms with E-state index in [1.807, 2.05) is 38.1 Å². The number of hydrogen-bond donors (Lipinski definition) is 1. The summed E-state index contributed by atoms with van der Waals surface area (Å²) in [5.74, 6) is 0.912. The number of aryl methyl sites for hydroxylation is 4. The first-order valence-electron chi connectivity index (χ1n) is 7.98. The van der Waals surface area contributed by atoms with Gasteiger partial charge in [0.25, 0.3) is 0 Å². The predicted octanol–water partition coefficient (Wildman–Crippen LogP) is 3.66. The van der Waals surface area contributed by atoms with Crippen LogP contribution in [0.1, 0.15) is 27.8 Å². The van der Waals surface area contributed by atoms with E-state index in [9.17, 15) is 4.79 Å². The maximum atomic E-state index is 11.9. The number of hydrogen-bond acceptors (Lipinski definition) is 2. The van der Waals surface area contributed by atoms with E-state index in [0.717, 1.165) is 16.9 Å². The van der Waals surface area contributed by atoms with Crippen LogP contribution in [-0.4, -0.2) is 19.1 Å². The average Bonchev–Trinajstić information content (AvgIpc) is 2.51. The second kappa shape index (κ2) is 7.82. The number of nitrogens with one attached hydrogen (secondary N) is 1. The average molecular weight is 311 g/mol. The zero-order chi connectivity index (χ0) is 16.8. The summed E-state index contributed by atoms with van der Waals surface area (Å²) in [7, 11) is 0. The summed E-state index contributed by atoms with van der Waals surface area (Å²) in [6.07, 6.45) is 0.406. The van der Waals surface area contributed by atoms with E-state index in [1.165, 1.54) is 16.7 Å². The van der Waals surface area contributed by atoms with Gasteiger partial charge in [-0.05, 0) is 56.0 Å². The Labute approximate surface area is 138 Å². The van der Waals surface area contributed by atoms with Gasteiger partial charge in [0, 0.05) is 0 Å². The summed E-state index contributed by atoms with van der Waals surface area (Å²) < 4.78 is 5.77. The predicted molar refractivity (Wildman–Crippen MR) is 94.0 cm³/mol. The fourth-order valence-corrected chi connectivity index (χ4v) is 2.39. The Balaban J connectivity index is 1.76. The van der Waals surface area contributed by atoms with Crippen molar-refractivity contribution in [3.8, 4) is 5.75 Å². The van der Waals surface area contributed by atoms with E-state index < -0.39 is 0 Å². The highest BCUT2D eigenvalue weighted by Gasteiger charge is 2.05. The molecule has 1 N–H and O–H groups in total. The molecule has 0 saturated carbocycles. The third-order valence-corrected chi connectivity index (χ3v) is 3.96. The standard InChI is InChI=1S/C20H25NO2/c1-14-5-7-18(8-6-14)13-20(22)21-9-10-23-19-12-16(3)15(2)11-17(19)4/h5-8,11-12H,9-10,13H2,1-4H3,(H,21,22). The van der Waals surface area contributed by atoms with Crippen LogP contribution in [-0.2, 0) is 11.2 Å². The lowest BCUT2D eigenvalue weighted by molar-refractivity contribution is -0.120. The van der Waals surface area contributed by atoms with Gasteiger partial charge in [-0.2, -0.15) is 0 Å². The zero-order valence-corrected chi connectivity index (χ0v) is 14.4. The number of carbonyl (C=O) groups excluding carboxylic acids is 1. The van der Waals surface area contributed by atoms with Crippen LogP contribution >= 0.6 is 0 Å². The third-order valence-electron chi connectivity index (χ3n) is 3.96. The topological polar surface area (TPSA) is 38.3 Å². The first kappa shape index (κ1) is 17.1. The molecule has 0 unspecified atom stereocenters. The molecule has 0 aliphatic carbocycles. The maximum absolute atomic E-state index is 11.9. The van der Waals surface area contributed by atoms with Crippen LogP contribution in [0.15, 0.2) is 36.4 Å². The summed E-state index contributed by atoms with van der Waals surface area (Å²) in [5, 5.41) is 2.90. The molecule has 0 radical (unpaired) electrons. The Morgan fingerprint density at radius 1 is 0.957 bits per heavy atom. The Morgan fingerprint density at radius 3 is 2.30 bits per heavy atom. The van der Waals surface area contributed by atoms with Crippen molar-refractivity contribution >= 4 is 5.91 Å². The molecule has 0 heterocycles. The summed E-state index contributed by atoms with van der Waals surface area (Å²) in [6, 6.07) is 12.2. The molecule has 0 fully saturated rings. The van der Waals surface area contributed by atoms with Gasteiger partial charge in [0.1, 0.15) is 12.4 Å². The van der Waals surface area contributed by atoms with E-state index in [1.54, 1.807) is 0 Å². The van der Waals surface area contributed by atoms with E-state index in [-0.39, 0.29) is 5.91 Å². The van der Waals surface area contributed by atoms with Crippen LogP contribution in [0.3, 0.4) is 0 Å². The Morgan fingerprint density at radius 2 is 1.61 bits per heavy atom. The third kappa shape index (κ3) is 5.13. The van der Waals surface area contributed by atoms with Gasteiger partial charge in [-0.3, -0.25) is 4.79 Å². The van der Waals surface area contributed by atoms with E-state index >= 15 is 0 Å². The highest BCUT2D eigenvalue weighted by Crippen LogP contribution is 2.22. The van der Waals surface area contributed by atoms with Crippen molar-refractivity contribution in [2.45, 2.75) is 34.1 Å². The lowest BCUT2D eigenvalue weighted by atomic mass is 10.1. The molecule has 3 heteroatoms. The Hall–Kier alpha value is -2.29. The highest BCUT2D eigenvalue weighted by atomic mass is 16.5. The van der Waals surface area contributed by atoms with Gasteiger partial charge in [-0.25, -0.2) is 0 Å². The molecular formula is C20H25NO2. The monoisotopic (exact) mass is 311 g/mol. The fourth-order valence-electron chi connectivity index (χ4n) is 2.39. The quantitative estimate of drug-likeness (QED) is 0.827. The van der Waals surface area contributed by atoms with Gasteiger partial charge >= 0.3 is 0 Å². The smallest absolute Gasteiger partial charge is 0.224 e. The van der Waals surface area contributed by atoms with Crippen molar-refractivity contribution in [2.24, 2.45) is 0 Å². The molecule has 2 aromatic rings. The van der Waals surface area contributed by atoms with Gasteiger partial charge in [0.05, 0.1) is 13.0 Å². The van der Waals surface area contributed by atoms with Gasteiger partial charge in [0.2, 0.25) is 5.91 Å². The van der Waals surface area contributed by atoms with Crippen LogP contribution in [0, 0.1) is 27.7 Å². The Kier molecular flexibility index (Phi) is 5.80. The van der Waals surface area contributed by atoms with Crippen LogP contribution < -0.4 is 10.1 Å². The van der Waals surface area contributed by atoms with Crippen molar-refractivity contribution in [3.05, 3.63) is 64.2 Å². The normalized spacial score (nSPS) is 10.4. The molecule has 0 aromatic heterocycles. The van der Waals surface area contributed by atoms with Crippen molar-refractivity contribution in [1.82, 2.24) is 5.32 Å². The van der Waals surface area contributed by atoms with Crippen LogP contribution in [0.4, 0.5) is 0 Å². The molecule has 0 atom stereocenters. The number of benzene rings is 2. The molecular weight excluding hydrogens is 286 g/mol. The molecule has 0 bridgehead atoms. The zero-order valence-electron chi connectivity index (χ0n) is 14.4. The number of ether oxygens (including phenoxy) is 1. The van der Waals surface area contributed by atoms with Crippen LogP contribution in [0.5, 0.6) is 5.75 Å². The molecule has 0 saturated heterocycles.